The van der Waals surface area contributed by atoms with E-state index >= 15 is 0 Å². The monoisotopic (exact) mass is 273 g/mol. The largest absolute Gasteiger partial charge is 0.494 e. The first-order valence-corrected chi connectivity index (χ1v) is 8.23. The molecule has 0 saturated heterocycles. The summed E-state index contributed by atoms with van der Waals surface area (Å²) in [6.45, 7) is 8.22. The van der Waals surface area contributed by atoms with Crippen molar-refractivity contribution in [2.45, 2.75) is 46.1 Å². The van der Waals surface area contributed by atoms with E-state index in [1.807, 2.05) is 0 Å². The molecule has 1 N–H and O–H groups in total. The van der Waals surface area contributed by atoms with E-state index in [0.29, 0.717) is 6.04 Å². The number of aryl methyl sites for hydroxylation is 1. The normalized spacial score (nSPS) is 29.1. The first kappa shape index (κ1) is 13.9. The second kappa shape index (κ2) is 5.77. The fourth-order valence-electron chi connectivity index (χ4n) is 4.24. The molecule has 1 aromatic rings. The van der Waals surface area contributed by atoms with E-state index in [1.165, 1.54) is 30.4 Å². The lowest BCUT2D eigenvalue weighted by atomic mass is 9.94. The van der Waals surface area contributed by atoms with Crippen molar-refractivity contribution in [1.82, 2.24) is 5.32 Å². The van der Waals surface area contributed by atoms with Crippen LogP contribution in [0.5, 0.6) is 5.75 Å². The quantitative estimate of drug-likeness (QED) is 0.843. The molecule has 0 aromatic heterocycles. The van der Waals surface area contributed by atoms with E-state index < -0.39 is 0 Å². The minimum absolute atomic E-state index is 0.483. The van der Waals surface area contributed by atoms with Crippen LogP contribution < -0.4 is 10.1 Å². The van der Waals surface area contributed by atoms with E-state index in [4.69, 9.17) is 4.74 Å². The van der Waals surface area contributed by atoms with Crippen LogP contribution in [0.4, 0.5) is 0 Å². The Hall–Kier alpha value is -1.02. The van der Waals surface area contributed by atoms with Gasteiger partial charge in [-0.3, -0.25) is 0 Å². The van der Waals surface area contributed by atoms with Gasteiger partial charge in [0.05, 0.1) is 6.61 Å². The van der Waals surface area contributed by atoms with Gasteiger partial charge in [-0.05, 0) is 57.1 Å². The summed E-state index contributed by atoms with van der Waals surface area (Å²) < 4.78 is 5.88. The molecule has 3 rings (SSSR count). The van der Waals surface area contributed by atoms with Crippen molar-refractivity contribution in [2.75, 3.05) is 13.2 Å². The van der Waals surface area contributed by atoms with Crippen molar-refractivity contribution < 1.29 is 4.74 Å². The maximum absolute atomic E-state index is 5.88. The maximum atomic E-state index is 5.88. The fraction of sp³-hybridized carbons (Fsp3) is 0.667. The molecular formula is C18H27NO. The van der Waals surface area contributed by atoms with Crippen molar-refractivity contribution in [2.24, 2.45) is 17.8 Å². The molecule has 2 fully saturated rings. The smallest absolute Gasteiger partial charge is 0.124 e. The van der Waals surface area contributed by atoms with Crippen LogP contribution in [0.15, 0.2) is 18.2 Å². The molecule has 0 radical (unpaired) electrons. The van der Waals surface area contributed by atoms with Crippen LogP contribution in [0, 0.1) is 24.7 Å². The molecule has 0 heterocycles. The Kier molecular flexibility index (Phi) is 4.02. The van der Waals surface area contributed by atoms with E-state index in [1.54, 1.807) is 0 Å². The van der Waals surface area contributed by atoms with Crippen molar-refractivity contribution in [3.63, 3.8) is 0 Å². The molecule has 3 atom stereocenters. The van der Waals surface area contributed by atoms with Gasteiger partial charge >= 0.3 is 0 Å². The zero-order valence-corrected chi connectivity index (χ0v) is 13.0. The van der Waals surface area contributed by atoms with Gasteiger partial charge in [-0.25, -0.2) is 0 Å². The number of benzene rings is 1. The molecule has 0 amide bonds. The molecule has 0 aliphatic heterocycles. The summed E-state index contributed by atoms with van der Waals surface area (Å²) in [7, 11) is 0. The number of hydrogen-bond donors (Lipinski definition) is 1. The highest BCUT2D eigenvalue weighted by Crippen LogP contribution is 2.62. The molecule has 1 aromatic carbocycles. The molecule has 2 aliphatic rings. The number of ether oxygens (including phenoxy) is 1. The maximum Gasteiger partial charge on any atom is 0.124 e. The summed E-state index contributed by atoms with van der Waals surface area (Å²) in [5.74, 6) is 3.85. The highest BCUT2D eigenvalue weighted by atomic mass is 16.5. The van der Waals surface area contributed by atoms with Gasteiger partial charge in [-0.1, -0.05) is 31.0 Å². The number of rotatable bonds is 6. The van der Waals surface area contributed by atoms with Gasteiger partial charge < -0.3 is 10.1 Å². The second-order valence-electron chi connectivity index (χ2n) is 6.35. The Bertz CT molecular complexity index is 460. The molecule has 0 spiro atoms. The van der Waals surface area contributed by atoms with Crippen LogP contribution in [0.2, 0.25) is 0 Å². The summed E-state index contributed by atoms with van der Waals surface area (Å²) in [4.78, 5) is 0. The van der Waals surface area contributed by atoms with Gasteiger partial charge in [0, 0.05) is 11.6 Å². The van der Waals surface area contributed by atoms with Crippen LogP contribution >= 0.6 is 0 Å². The third-order valence-corrected chi connectivity index (χ3v) is 5.08. The lowest BCUT2D eigenvalue weighted by Crippen LogP contribution is -2.25. The van der Waals surface area contributed by atoms with Crippen molar-refractivity contribution >= 4 is 0 Å². The zero-order valence-electron chi connectivity index (χ0n) is 13.0. The number of fused-ring (bicyclic) bond motifs is 1. The van der Waals surface area contributed by atoms with Crippen LogP contribution in [0.25, 0.3) is 0 Å². The topological polar surface area (TPSA) is 21.3 Å². The van der Waals surface area contributed by atoms with Gasteiger partial charge in [-0.15, -0.1) is 0 Å². The van der Waals surface area contributed by atoms with E-state index in [-0.39, 0.29) is 0 Å². The van der Waals surface area contributed by atoms with Gasteiger partial charge in [0.1, 0.15) is 5.75 Å². The third-order valence-electron chi connectivity index (χ3n) is 5.08. The highest BCUT2D eigenvalue weighted by Gasteiger charge is 2.56. The predicted octanol–water partition coefficient (Wildman–Crippen LogP) is 4.09. The predicted molar refractivity (Wildman–Crippen MR) is 83.1 cm³/mol. The summed E-state index contributed by atoms with van der Waals surface area (Å²) in [6, 6.07) is 7.12. The molecule has 2 saturated carbocycles. The van der Waals surface area contributed by atoms with Gasteiger partial charge in [0.2, 0.25) is 0 Å². The lowest BCUT2D eigenvalue weighted by Gasteiger charge is -2.23. The van der Waals surface area contributed by atoms with Crippen LogP contribution in [0.3, 0.4) is 0 Å². The molecule has 2 nitrogen and oxygen atoms in total. The van der Waals surface area contributed by atoms with E-state index in [2.05, 4.69) is 44.3 Å². The number of nitrogens with one attached hydrogen (secondary N) is 1. The molecule has 2 aliphatic carbocycles. The lowest BCUT2D eigenvalue weighted by molar-refractivity contribution is 0.324. The van der Waals surface area contributed by atoms with Gasteiger partial charge in [0.15, 0.2) is 0 Å². The molecule has 20 heavy (non-hydrogen) atoms. The fourth-order valence-corrected chi connectivity index (χ4v) is 4.24. The van der Waals surface area contributed by atoms with Crippen LogP contribution in [-0.2, 0) is 0 Å². The van der Waals surface area contributed by atoms with Crippen molar-refractivity contribution in [1.29, 1.82) is 0 Å². The third kappa shape index (κ3) is 2.46. The van der Waals surface area contributed by atoms with E-state index in [9.17, 15) is 0 Å². The summed E-state index contributed by atoms with van der Waals surface area (Å²) in [5, 5.41) is 3.74. The van der Waals surface area contributed by atoms with Crippen LogP contribution in [-0.4, -0.2) is 13.2 Å². The summed E-state index contributed by atoms with van der Waals surface area (Å²) >= 11 is 0. The molecular weight excluding hydrogens is 246 g/mol. The molecule has 0 bridgehead atoms. The van der Waals surface area contributed by atoms with Crippen molar-refractivity contribution in [3.05, 3.63) is 29.3 Å². The Morgan fingerprint density at radius 2 is 2.00 bits per heavy atom. The Labute approximate surface area is 122 Å². The molecule has 3 unspecified atom stereocenters. The molecule has 110 valence electrons. The van der Waals surface area contributed by atoms with Crippen LogP contribution in [0.1, 0.15) is 50.3 Å². The summed E-state index contributed by atoms with van der Waals surface area (Å²) in [6.07, 6.45) is 4.32. The Balaban J connectivity index is 1.88. The molecule has 2 heteroatoms. The van der Waals surface area contributed by atoms with Gasteiger partial charge in [0.25, 0.3) is 0 Å². The highest BCUT2D eigenvalue weighted by molar-refractivity contribution is 5.40. The minimum atomic E-state index is 0.483. The Morgan fingerprint density at radius 1 is 1.25 bits per heavy atom. The van der Waals surface area contributed by atoms with Crippen molar-refractivity contribution in [3.8, 4) is 5.75 Å². The summed E-state index contributed by atoms with van der Waals surface area (Å²) in [5.41, 5.74) is 2.71. The SMILES string of the molecule is CCNC(c1cc(C)ccc1OCC)C1C2CCCC21. The second-order valence-corrected chi connectivity index (χ2v) is 6.35. The number of hydrogen-bond acceptors (Lipinski definition) is 2. The minimum Gasteiger partial charge on any atom is -0.494 e. The standard InChI is InChI=1S/C18H27NO/c1-4-19-18(17-13-7-6-8-14(13)17)15-11-12(3)9-10-16(15)20-5-2/h9-11,13-14,17-19H,4-8H2,1-3H3. The first-order valence-electron chi connectivity index (χ1n) is 8.23. The average Bonchev–Trinajstić information content (AvgIpc) is 2.90. The van der Waals surface area contributed by atoms with Gasteiger partial charge in [-0.2, -0.15) is 0 Å². The Morgan fingerprint density at radius 3 is 2.65 bits per heavy atom. The first-order chi connectivity index (χ1) is 9.76. The van der Waals surface area contributed by atoms with E-state index in [0.717, 1.165) is 36.7 Å². The zero-order chi connectivity index (χ0) is 14.1. The average molecular weight is 273 g/mol.